The summed E-state index contributed by atoms with van der Waals surface area (Å²) in [6, 6.07) is 13.4. The first-order valence-electron chi connectivity index (χ1n) is 11.7. The van der Waals surface area contributed by atoms with Gasteiger partial charge in [-0.25, -0.2) is 4.98 Å². The van der Waals surface area contributed by atoms with E-state index in [-0.39, 0.29) is 35.3 Å². The summed E-state index contributed by atoms with van der Waals surface area (Å²) in [5.74, 6) is 0.0477. The number of carbonyl (C=O) groups excluding carboxylic acids is 3. The van der Waals surface area contributed by atoms with Crippen molar-refractivity contribution >= 4 is 62.4 Å². The van der Waals surface area contributed by atoms with Crippen LogP contribution >= 0.6 is 23.1 Å². The van der Waals surface area contributed by atoms with Gasteiger partial charge in [-0.15, -0.1) is 11.3 Å². The quantitative estimate of drug-likeness (QED) is 0.345. The number of imide groups is 1. The van der Waals surface area contributed by atoms with Gasteiger partial charge in [0.2, 0.25) is 17.7 Å². The van der Waals surface area contributed by atoms with Gasteiger partial charge in [0.1, 0.15) is 0 Å². The Morgan fingerprint density at radius 1 is 1.12 bits per heavy atom. The Bertz CT molecular complexity index is 1250. The maximum atomic E-state index is 12.9. The van der Waals surface area contributed by atoms with E-state index in [1.54, 1.807) is 6.07 Å². The zero-order valence-corrected chi connectivity index (χ0v) is 20.9. The number of thioether (sulfide) groups is 1. The van der Waals surface area contributed by atoms with Crippen molar-refractivity contribution in [2.75, 3.05) is 16.0 Å². The highest BCUT2D eigenvalue weighted by atomic mass is 32.2. The van der Waals surface area contributed by atoms with Gasteiger partial charge < -0.3 is 5.32 Å². The van der Waals surface area contributed by atoms with Crippen molar-refractivity contribution < 1.29 is 14.4 Å². The largest absolute Gasteiger partial charge is 0.325 e. The van der Waals surface area contributed by atoms with Crippen molar-refractivity contribution in [2.45, 2.75) is 49.8 Å². The highest BCUT2D eigenvalue weighted by Gasteiger charge is 2.48. The molecule has 1 N–H and O–H groups in total. The molecule has 0 bridgehead atoms. The zero-order valence-electron chi connectivity index (χ0n) is 19.2. The molecule has 3 amide bonds. The molecule has 1 aromatic heterocycles. The summed E-state index contributed by atoms with van der Waals surface area (Å²) < 4.78 is 1.69. The molecular formula is C26H27N3O3S2. The molecule has 0 unspecified atom stereocenters. The smallest absolute Gasteiger partial charge is 0.237 e. The van der Waals surface area contributed by atoms with Gasteiger partial charge in [-0.1, -0.05) is 56.7 Å². The third kappa shape index (κ3) is 4.36. The molecule has 0 radical (unpaired) electrons. The molecule has 1 aliphatic carbocycles. The Balaban J connectivity index is 1.28. The van der Waals surface area contributed by atoms with Crippen LogP contribution < -0.4 is 10.2 Å². The summed E-state index contributed by atoms with van der Waals surface area (Å²) in [6.07, 6.45) is 3.64. The maximum Gasteiger partial charge on any atom is 0.237 e. The number of nitrogens with zero attached hydrogens (tertiary/aromatic N) is 2. The summed E-state index contributed by atoms with van der Waals surface area (Å²) in [5, 5.41) is 3.01. The highest BCUT2D eigenvalue weighted by molar-refractivity contribution is 8.01. The van der Waals surface area contributed by atoms with Crippen LogP contribution in [0.3, 0.4) is 0 Å². The van der Waals surface area contributed by atoms with Crippen LogP contribution in [0.15, 0.2) is 46.8 Å². The first-order valence-corrected chi connectivity index (χ1v) is 13.5. The number of para-hydroxylation sites is 1. The van der Waals surface area contributed by atoms with Gasteiger partial charge in [0.05, 0.1) is 33.5 Å². The minimum absolute atomic E-state index is 0.0634. The van der Waals surface area contributed by atoms with E-state index in [1.165, 1.54) is 28.0 Å². The second kappa shape index (κ2) is 9.50. The average Bonchev–Trinajstić information content (AvgIpc) is 3.36. The number of anilines is 2. The van der Waals surface area contributed by atoms with Gasteiger partial charge in [0, 0.05) is 5.69 Å². The maximum absolute atomic E-state index is 12.9. The normalized spacial score (nSPS) is 20.3. The lowest BCUT2D eigenvalue weighted by Crippen LogP contribution is -2.30. The molecule has 6 nitrogen and oxygen atoms in total. The molecule has 2 heterocycles. The van der Waals surface area contributed by atoms with Crippen molar-refractivity contribution in [3.8, 4) is 0 Å². The van der Waals surface area contributed by atoms with Crippen LogP contribution in [-0.2, 0) is 14.4 Å². The minimum Gasteiger partial charge on any atom is -0.325 e. The van der Waals surface area contributed by atoms with Gasteiger partial charge in [0.25, 0.3) is 0 Å². The second-order valence-corrected chi connectivity index (χ2v) is 11.5. The standard InChI is InChI=1S/C26H27N3O3S2/c1-15(2)17-7-5-6-10-20(17)27-23(30)14-33-26-28-21-12-11-16(13-22(21)34-26)29-24(31)18-8-3-4-9-19(18)25(29)32/h5-7,10-13,15,18-19H,3-4,8-9,14H2,1-2H3,(H,27,30)/t18-,19-/m0/s1. The fraction of sp³-hybridized carbons (Fsp3) is 0.385. The second-order valence-electron chi connectivity index (χ2n) is 9.22. The van der Waals surface area contributed by atoms with Crippen LogP contribution in [-0.4, -0.2) is 28.5 Å². The molecule has 3 aromatic rings. The van der Waals surface area contributed by atoms with Crippen molar-refractivity contribution in [1.82, 2.24) is 4.98 Å². The molecule has 8 heteroatoms. The lowest BCUT2D eigenvalue weighted by Gasteiger charge is -2.19. The Morgan fingerprint density at radius 3 is 2.53 bits per heavy atom. The molecule has 34 heavy (non-hydrogen) atoms. The van der Waals surface area contributed by atoms with Crippen LogP contribution in [0.25, 0.3) is 10.2 Å². The summed E-state index contributed by atoms with van der Waals surface area (Å²) in [7, 11) is 0. The van der Waals surface area contributed by atoms with Crippen LogP contribution in [0, 0.1) is 11.8 Å². The zero-order chi connectivity index (χ0) is 23.8. The number of fused-ring (bicyclic) bond motifs is 2. The van der Waals surface area contributed by atoms with Gasteiger partial charge in [-0.3, -0.25) is 19.3 Å². The van der Waals surface area contributed by atoms with Gasteiger partial charge in [0.15, 0.2) is 4.34 Å². The van der Waals surface area contributed by atoms with E-state index in [1.807, 2.05) is 36.4 Å². The highest BCUT2D eigenvalue weighted by Crippen LogP contribution is 2.41. The number of benzene rings is 2. The molecule has 1 aliphatic heterocycles. The Hall–Kier alpha value is -2.71. The van der Waals surface area contributed by atoms with Gasteiger partial charge in [-0.2, -0.15) is 0 Å². The summed E-state index contributed by atoms with van der Waals surface area (Å²) in [4.78, 5) is 44.4. The van der Waals surface area contributed by atoms with E-state index in [0.29, 0.717) is 11.6 Å². The number of hydrogen-bond donors (Lipinski definition) is 1. The van der Waals surface area contributed by atoms with Crippen LogP contribution in [0.4, 0.5) is 11.4 Å². The molecule has 2 atom stereocenters. The van der Waals surface area contributed by atoms with Gasteiger partial charge >= 0.3 is 0 Å². The summed E-state index contributed by atoms with van der Waals surface area (Å²) in [5.41, 5.74) is 3.38. The predicted octanol–water partition coefficient (Wildman–Crippen LogP) is 5.83. The Kier molecular flexibility index (Phi) is 6.44. The monoisotopic (exact) mass is 493 g/mol. The lowest BCUT2D eigenvalue weighted by molar-refractivity contribution is -0.122. The van der Waals surface area contributed by atoms with Crippen LogP contribution in [0.2, 0.25) is 0 Å². The number of amides is 3. The Labute approximate surface area is 207 Å². The number of rotatable bonds is 6. The van der Waals surface area contributed by atoms with E-state index in [2.05, 4.69) is 24.1 Å². The first-order chi connectivity index (χ1) is 16.4. The van der Waals surface area contributed by atoms with Crippen molar-refractivity contribution in [3.63, 3.8) is 0 Å². The van der Waals surface area contributed by atoms with E-state index in [0.717, 1.165) is 51.5 Å². The van der Waals surface area contributed by atoms with Crippen molar-refractivity contribution in [3.05, 3.63) is 48.0 Å². The third-order valence-electron chi connectivity index (χ3n) is 6.64. The molecule has 0 spiro atoms. The summed E-state index contributed by atoms with van der Waals surface area (Å²) in [6.45, 7) is 4.21. The minimum atomic E-state index is -0.163. The molecule has 2 aromatic carbocycles. The topological polar surface area (TPSA) is 79.4 Å². The number of thiazole rings is 1. The molecule has 2 aliphatic rings. The molecule has 1 saturated carbocycles. The van der Waals surface area contributed by atoms with Gasteiger partial charge in [-0.05, 0) is 48.6 Å². The first kappa shape index (κ1) is 23.1. The van der Waals surface area contributed by atoms with Crippen LogP contribution in [0.1, 0.15) is 51.0 Å². The predicted molar refractivity (Wildman–Crippen MR) is 137 cm³/mol. The summed E-state index contributed by atoms with van der Waals surface area (Å²) >= 11 is 2.87. The van der Waals surface area contributed by atoms with Crippen molar-refractivity contribution in [1.29, 1.82) is 0 Å². The van der Waals surface area contributed by atoms with Crippen LogP contribution in [0.5, 0.6) is 0 Å². The lowest BCUT2D eigenvalue weighted by atomic mass is 9.81. The third-order valence-corrected chi connectivity index (χ3v) is 8.80. The number of aromatic nitrogens is 1. The SMILES string of the molecule is CC(C)c1ccccc1NC(=O)CSc1nc2ccc(N3C(=O)[C@H]4CCCC[C@@H]4C3=O)cc2s1. The van der Waals surface area contributed by atoms with Crippen molar-refractivity contribution in [2.24, 2.45) is 11.8 Å². The molecular weight excluding hydrogens is 466 g/mol. The van der Waals surface area contributed by atoms with E-state index in [9.17, 15) is 14.4 Å². The molecule has 176 valence electrons. The number of hydrogen-bond acceptors (Lipinski definition) is 6. The average molecular weight is 494 g/mol. The fourth-order valence-corrected chi connectivity index (χ4v) is 6.84. The fourth-order valence-electron chi connectivity index (χ4n) is 4.94. The van der Waals surface area contributed by atoms with E-state index in [4.69, 9.17) is 0 Å². The molecule has 2 fully saturated rings. The number of carbonyl (C=O) groups is 3. The molecule has 5 rings (SSSR count). The number of nitrogens with one attached hydrogen (secondary N) is 1. The van der Waals surface area contributed by atoms with E-state index >= 15 is 0 Å². The Morgan fingerprint density at radius 2 is 1.82 bits per heavy atom. The molecule has 1 saturated heterocycles. The van der Waals surface area contributed by atoms with E-state index < -0.39 is 0 Å².